The van der Waals surface area contributed by atoms with Crippen LogP contribution in [0.25, 0.3) is 0 Å². The maximum absolute atomic E-state index is 9.20. The van der Waals surface area contributed by atoms with Crippen LogP contribution in [0.5, 0.6) is 0 Å². The van der Waals surface area contributed by atoms with Crippen LogP contribution in [0.1, 0.15) is 6.92 Å². The molecule has 0 bridgehead atoms. The van der Waals surface area contributed by atoms with E-state index in [0.29, 0.717) is 6.61 Å². The maximum Gasteiger partial charge on any atom is 0.115 e. The zero-order chi connectivity index (χ0) is 8.27. The number of aliphatic hydroxyl groups excluding tert-OH is 2. The van der Waals surface area contributed by atoms with Gasteiger partial charge in [0.1, 0.15) is 24.9 Å². The molecule has 0 aromatic carbocycles. The molecule has 1 saturated heterocycles. The van der Waals surface area contributed by atoms with Gasteiger partial charge in [-0.2, -0.15) is 0 Å². The van der Waals surface area contributed by atoms with Crippen molar-refractivity contribution >= 4 is 0 Å². The molecule has 3 atom stereocenters. The van der Waals surface area contributed by atoms with Gasteiger partial charge in [0.15, 0.2) is 0 Å². The standard InChI is InChI=1S/C7H13O4/c1-2-10-7-5(9)4-11-6(7)3-8/h4-9H,2-3H2,1H3/t5?,6-,7-/m1/s1. The fraction of sp³-hybridized carbons (Fsp3) is 0.857. The van der Waals surface area contributed by atoms with Crippen LogP contribution in [0.4, 0.5) is 0 Å². The van der Waals surface area contributed by atoms with Gasteiger partial charge in [0.2, 0.25) is 0 Å². The van der Waals surface area contributed by atoms with E-state index >= 15 is 0 Å². The maximum atomic E-state index is 9.20. The molecule has 0 aromatic heterocycles. The minimum absolute atomic E-state index is 0.127. The van der Waals surface area contributed by atoms with Crippen molar-refractivity contribution in [3.63, 3.8) is 0 Å². The Bertz CT molecular complexity index is 117. The average molecular weight is 161 g/mol. The first-order chi connectivity index (χ1) is 5.29. The molecule has 0 amide bonds. The molecule has 1 unspecified atom stereocenters. The van der Waals surface area contributed by atoms with E-state index in [2.05, 4.69) is 0 Å². The minimum atomic E-state index is -0.716. The Labute approximate surface area is 65.7 Å². The molecule has 4 heteroatoms. The molecule has 0 saturated carbocycles. The number of hydrogen-bond acceptors (Lipinski definition) is 4. The summed E-state index contributed by atoms with van der Waals surface area (Å²) in [4.78, 5) is 0. The molecular formula is C7H13O4. The third kappa shape index (κ3) is 1.90. The van der Waals surface area contributed by atoms with Gasteiger partial charge >= 0.3 is 0 Å². The van der Waals surface area contributed by atoms with Crippen molar-refractivity contribution in [2.75, 3.05) is 13.2 Å². The summed E-state index contributed by atoms with van der Waals surface area (Å²) in [5.41, 5.74) is 0. The molecular weight excluding hydrogens is 148 g/mol. The van der Waals surface area contributed by atoms with E-state index in [1.807, 2.05) is 6.92 Å². The van der Waals surface area contributed by atoms with Gasteiger partial charge < -0.3 is 19.7 Å². The van der Waals surface area contributed by atoms with E-state index in [1.165, 1.54) is 6.61 Å². The van der Waals surface area contributed by atoms with Gasteiger partial charge in [0.05, 0.1) is 6.61 Å². The molecule has 0 aliphatic carbocycles. The third-order valence-corrected chi connectivity index (χ3v) is 1.63. The van der Waals surface area contributed by atoms with Gasteiger partial charge in [-0.05, 0) is 6.92 Å². The highest BCUT2D eigenvalue weighted by Gasteiger charge is 2.36. The SMILES string of the molecule is CCO[C@@H]1C(O)[CH]O[C@@H]1CO. The van der Waals surface area contributed by atoms with Crippen LogP contribution < -0.4 is 0 Å². The van der Waals surface area contributed by atoms with E-state index in [4.69, 9.17) is 14.6 Å². The molecule has 1 aliphatic heterocycles. The number of rotatable bonds is 3. The second-order valence-electron chi connectivity index (χ2n) is 2.40. The zero-order valence-corrected chi connectivity index (χ0v) is 6.43. The summed E-state index contributed by atoms with van der Waals surface area (Å²) in [5.74, 6) is 0. The fourth-order valence-corrected chi connectivity index (χ4v) is 1.10. The van der Waals surface area contributed by atoms with Crippen LogP contribution in [0, 0.1) is 6.61 Å². The summed E-state index contributed by atoms with van der Waals surface area (Å²) in [6, 6.07) is 0. The highest BCUT2D eigenvalue weighted by molar-refractivity contribution is 4.90. The Morgan fingerprint density at radius 3 is 2.91 bits per heavy atom. The Balaban J connectivity index is 2.42. The topological polar surface area (TPSA) is 58.9 Å². The summed E-state index contributed by atoms with van der Waals surface area (Å²) in [5, 5.41) is 17.9. The molecule has 2 N–H and O–H groups in total. The lowest BCUT2D eigenvalue weighted by Crippen LogP contribution is -2.34. The van der Waals surface area contributed by atoms with Crippen LogP contribution in [-0.4, -0.2) is 41.7 Å². The van der Waals surface area contributed by atoms with Crippen molar-refractivity contribution in [3.05, 3.63) is 6.61 Å². The summed E-state index contributed by atoms with van der Waals surface area (Å²) >= 11 is 0. The highest BCUT2D eigenvalue weighted by atomic mass is 16.6. The summed E-state index contributed by atoms with van der Waals surface area (Å²) in [7, 11) is 0. The molecule has 1 aliphatic rings. The average Bonchev–Trinajstić information content (AvgIpc) is 2.34. The largest absolute Gasteiger partial charge is 0.394 e. The van der Waals surface area contributed by atoms with E-state index in [0.717, 1.165) is 0 Å². The first-order valence-corrected chi connectivity index (χ1v) is 3.69. The summed E-state index contributed by atoms with van der Waals surface area (Å²) in [6.45, 7) is 3.51. The van der Waals surface area contributed by atoms with Crippen LogP contribution in [0.15, 0.2) is 0 Å². The molecule has 0 aromatic rings. The van der Waals surface area contributed by atoms with Crippen LogP contribution in [0.2, 0.25) is 0 Å². The predicted molar refractivity (Wildman–Crippen MR) is 37.7 cm³/mol. The Hall–Kier alpha value is -0.160. The van der Waals surface area contributed by atoms with Crippen LogP contribution in [-0.2, 0) is 9.47 Å². The lowest BCUT2D eigenvalue weighted by atomic mass is 10.1. The summed E-state index contributed by atoms with van der Waals surface area (Å²) in [6.07, 6.45) is -1.54. The number of hydrogen-bond donors (Lipinski definition) is 2. The predicted octanol–water partition coefficient (Wildman–Crippen LogP) is -0.695. The Morgan fingerprint density at radius 2 is 2.36 bits per heavy atom. The third-order valence-electron chi connectivity index (χ3n) is 1.63. The first kappa shape index (κ1) is 8.93. The number of aliphatic hydroxyl groups is 2. The van der Waals surface area contributed by atoms with E-state index in [-0.39, 0.29) is 6.61 Å². The molecule has 11 heavy (non-hydrogen) atoms. The molecule has 65 valence electrons. The monoisotopic (exact) mass is 161 g/mol. The van der Waals surface area contributed by atoms with Crippen molar-refractivity contribution < 1.29 is 19.7 Å². The van der Waals surface area contributed by atoms with Gasteiger partial charge in [0.25, 0.3) is 0 Å². The van der Waals surface area contributed by atoms with Gasteiger partial charge in [-0.25, -0.2) is 0 Å². The first-order valence-electron chi connectivity index (χ1n) is 3.69. The highest BCUT2D eigenvalue weighted by Crippen LogP contribution is 2.20. The van der Waals surface area contributed by atoms with Crippen LogP contribution >= 0.6 is 0 Å². The Kier molecular flexibility index (Phi) is 3.26. The molecule has 1 fully saturated rings. The molecule has 1 heterocycles. The second kappa shape index (κ2) is 4.01. The number of ether oxygens (including phenoxy) is 2. The Morgan fingerprint density at radius 1 is 1.64 bits per heavy atom. The zero-order valence-electron chi connectivity index (χ0n) is 6.43. The van der Waals surface area contributed by atoms with Crippen molar-refractivity contribution in [2.45, 2.75) is 25.2 Å². The van der Waals surface area contributed by atoms with Gasteiger partial charge in [-0.3, -0.25) is 0 Å². The molecule has 4 nitrogen and oxygen atoms in total. The van der Waals surface area contributed by atoms with Crippen molar-refractivity contribution in [1.82, 2.24) is 0 Å². The summed E-state index contributed by atoms with van der Waals surface area (Å²) < 4.78 is 10.1. The van der Waals surface area contributed by atoms with Crippen LogP contribution in [0.3, 0.4) is 0 Å². The fourth-order valence-electron chi connectivity index (χ4n) is 1.10. The quantitative estimate of drug-likeness (QED) is 0.575. The van der Waals surface area contributed by atoms with E-state index < -0.39 is 18.3 Å². The van der Waals surface area contributed by atoms with E-state index in [9.17, 15) is 5.11 Å². The normalized spacial score (nSPS) is 37.9. The van der Waals surface area contributed by atoms with Gasteiger partial charge in [-0.1, -0.05) is 0 Å². The van der Waals surface area contributed by atoms with E-state index in [1.54, 1.807) is 0 Å². The molecule has 1 rings (SSSR count). The van der Waals surface area contributed by atoms with Crippen molar-refractivity contribution in [2.24, 2.45) is 0 Å². The lowest BCUT2D eigenvalue weighted by Gasteiger charge is -2.17. The second-order valence-corrected chi connectivity index (χ2v) is 2.40. The van der Waals surface area contributed by atoms with Gasteiger partial charge in [-0.15, -0.1) is 0 Å². The lowest BCUT2D eigenvalue weighted by molar-refractivity contribution is -0.0480. The minimum Gasteiger partial charge on any atom is -0.394 e. The molecule has 0 spiro atoms. The van der Waals surface area contributed by atoms with Gasteiger partial charge in [0, 0.05) is 6.61 Å². The molecule has 1 radical (unpaired) electrons. The smallest absolute Gasteiger partial charge is 0.115 e. The van der Waals surface area contributed by atoms with Crippen molar-refractivity contribution in [3.8, 4) is 0 Å². The van der Waals surface area contributed by atoms with Crippen molar-refractivity contribution in [1.29, 1.82) is 0 Å².